The average Bonchev–Trinajstić information content (AvgIpc) is 2.79. The second kappa shape index (κ2) is 5.99. The monoisotopic (exact) mass is 258 g/mol. The van der Waals surface area contributed by atoms with Crippen LogP contribution in [0.1, 0.15) is 22.7 Å². The van der Waals surface area contributed by atoms with Crippen molar-refractivity contribution in [3.8, 4) is 0 Å². The van der Waals surface area contributed by atoms with Crippen molar-refractivity contribution in [3.05, 3.63) is 53.3 Å². The first-order valence-electron chi connectivity index (χ1n) is 6.53. The molecular weight excluding hydrogens is 236 g/mol. The molecule has 1 heterocycles. The van der Waals surface area contributed by atoms with E-state index in [0.29, 0.717) is 0 Å². The van der Waals surface area contributed by atoms with Crippen LogP contribution in [0.2, 0.25) is 0 Å². The summed E-state index contributed by atoms with van der Waals surface area (Å²) in [5.74, 6) is 0. The van der Waals surface area contributed by atoms with E-state index in [0.717, 1.165) is 18.7 Å². The molecule has 19 heavy (non-hydrogen) atoms. The van der Waals surface area contributed by atoms with Gasteiger partial charge in [-0.1, -0.05) is 24.3 Å². The van der Waals surface area contributed by atoms with Crippen LogP contribution < -0.4 is 5.73 Å². The predicted octanol–water partition coefficient (Wildman–Crippen LogP) is 1.86. The van der Waals surface area contributed by atoms with Crippen molar-refractivity contribution >= 4 is 0 Å². The fraction of sp³-hybridized carbons (Fsp3) is 0.400. The molecule has 1 atom stereocenters. The number of hydrogen-bond donors (Lipinski definition) is 1. The van der Waals surface area contributed by atoms with E-state index in [1.165, 1.54) is 11.1 Å². The Labute approximate surface area is 114 Å². The maximum absolute atomic E-state index is 6.21. The van der Waals surface area contributed by atoms with Gasteiger partial charge in [-0.05, 0) is 25.1 Å². The summed E-state index contributed by atoms with van der Waals surface area (Å²) in [7, 11) is 4.01. The van der Waals surface area contributed by atoms with E-state index in [-0.39, 0.29) is 6.04 Å². The zero-order valence-electron chi connectivity index (χ0n) is 11.9. The van der Waals surface area contributed by atoms with Crippen LogP contribution in [-0.2, 0) is 13.6 Å². The third-order valence-corrected chi connectivity index (χ3v) is 3.36. The third kappa shape index (κ3) is 3.66. The van der Waals surface area contributed by atoms with E-state index in [9.17, 15) is 0 Å². The maximum atomic E-state index is 6.21. The summed E-state index contributed by atoms with van der Waals surface area (Å²) in [4.78, 5) is 2.25. The van der Waals surface area contributed by atoms with Gasteiger partial charge in [0.05, 0.1) is 6.20 Å². The molecule has 0 radical (unpaired) electrons. The number of nitrogens with zero attached hydrogens (tertiary/aromatic N) is 3. The Morgan fingerprint density at radius 1 is 1.37 bits per heavy atom. The van der Waals surface area contributed by atoms with Gasteiger partial charge < -0.3 is 10.6 Å². The minimum absolute atomic E-state index is 0.00252. The molecule has 0 aliphatic heterocycles. The topological polar surface area (TPSA) is 47.1 Å². The standard InChI is InChI=1S/C15H22N4/c1-12-6-4-5-7-13(12)9-18(2)11-15(16)14-8-17-19(3)10-14/h4-8,10,15H,9,11,16H2,1-3H3. The van der Waals surface area contributed by atoms with Gasteiger partial charge in [0.25, 0.3) is 0 Å². The average molecular weight is 258 g/mol. The maximum Gasteiger partial charge on any atom is 0.0537 e. The van der Waals surface area contributed by atoms with Gasteiger partial charge in [-0.3, -0.25) is 4.68 Å². The molecule has 0 aliphatic carbocycles. The molecular formula is C15H22N4. The van der Waals surface area contributed by atoms with Crippen molar-refractivity contribution in [2.45, 2.75) is 19.5 Å². The van der Waals surface area contributed by atoms with E-state index >= 15 is 0 Å². The second-order valence-corrected chi connectivity index (χ2v) is 5.18. The minimum atomic E-state index is 0.00252. The summed E-state index contributed by atoms with van der Waals surface area (Å²) in [6.45, 7) is 3.88. The molecule has 0 spiro atoms. The van der Waals surface area contributed by atoms with Crippen molar-refractivity contribution in [3.63, 3.8) is 0 Å². The number of nitrogens with two attached hydrogens (primary N) is 1. The zero-order chi connectivity index (χ0) is 13.8. The highest BCUT2D eigenvalue weighted by Crippen LogP contribution is 2.13. The molecule has 1 unspecified atom stereocenters. The summed E-state index contributed by atoms with van der Waals surface area (Å²) >= 11 is 0. The first-order chi connectivity index (χ1) is 9.06. The number of rotatable bonds is 5. The third-order valence-electron chi connectivity index (χ3n) is 3.36. The largest absolute Gasteiger partial charge is 0.323 e. The normalized spacial score (nSPS) is 12.9. The lowest BCUT2D eigenvalue weighted by atomic mass is 10.1. The van der Waals surface area contributed by atoms with E-state index in [2.05, 4.69) is 48.2 Å². The zero-order valence-corrected chi connectivity index (χ0v) is 11.9. The smallest absolute Gasteiger partial charge is 0.0537 e. The molecule has 0 amide bonds. The molecule has 0 bridgehead atoms. The van der Waals surface area contributed by atoms with Crippen LogP contribution in [0.15, 0.2) is 36.7 Å². The summed E-state index contributed by atoms with van der Waals surface area (Å²) in [5.41, 5.74) is 9.96. The highest BCUT2D eigenvalue weighted by Gasteiger charge is 2.11. The number of aryl methyl sites for hydroxylation is 2. The van der Waals surface area contributed by atoms with Gasteiger partial charge in [0.15, 0.2) is 0 Å². The van der Waals surface area contributed by atoms with Crippen molar-refractivity contribution in [2.24, 2.45) is 12.8 Å². The molecule has 1 aromatic heterocycles. The lowest BCUT2D eigenvalue weighted by Crippen LogP contribution is -2.28. The van der Waals surface area contributed by atoms with Gasteiger partial charge in [-0.15, -0.1) is 0 Å². The molecule has 0 aliphatic rings. The van der Waals surface area contributed by atoms with E-state index in [4.69, 9.17) is 5.73 Å². The highest BCUT2D eigenvalue weighted by molar-refractivity contribution is 5.25. The van der Waals surface area contributed by atoms with Gasteiger partial charge in [-0.2, -0.15) is 5.10 Å². The van der Waals surface area contributed by atoms with E-state index in [1.54, 1.807) is 4.68 Å². The molecule has 2 aromatic rings. The number of likely N-dealkylation sites (N-methyl/N-ethyl adjacent to an activating group) is 1. The van der Waals surface area contributed by atoms with Crippen molar-refractivity contribution < 1.29 is 0 Å². The number of benzene rings is 1. The quantitative estimate of drug-likeness (QED) is 0.890. The van der Waals surface area contributed by atoms with Crippen molar-refractivity contribution in [2.75, 3.05) is 13.6 Å². The van der Waals surface area contributed by atoms with Gasteiger partial charge in [-0.25, -0.2) is 0 Å². The van der Waals surface area contributed by atoms with Crippen molar-refractivity contribution in [1.82, 2.24) is 14.7 Å². The Hall–Kier alpha value is -1.65. The Morgan fingerprint density at radius 3 is 2.74 bits per heavy atom. The van der Waals surface area contributed by atoms with Crippen LogP contribution in [0.5, 0.6) is 0 Å². The molecule has 0 fully saturated rings. The molecule has 2 rings (SSSR count). The predicted molar refractivity (Wildman–Crippen MR) is 77.6 cm³/mol. The molecule has 4 heteroatoms. The lowest BCUT2D eigenvalue weighted by Gasteiger charge is -2.21. The Morgan fingerprint density at radius 2 is 2.11 bits per heavy atom. The molecule has 0 saturated heterocycles. The van der Waals surface area contributed by atoms with Gasteiger partial charge in [0.2, 0.25) is 0 Å². The van der Waals surface area contributed by atoms with Crippen LogP contribution in [0.25, 0.3) is 0 Å². The Balaban J connectivity index is 1.94. The summed E-state index contributed by atoms with van der Waals surface area (Å²) in [5, 5.41) is 4.16. The van der Waals surface area contributed by atoms with Crippen LogP contribution in [-0.4, -0.2) is 28.3 Å². The van der Waals surface area contributed by atoms with Crippen molar-refractivity contribution in [1.29, 1.82) is 0 Å². The van der Waals surface area contributed by atoms with Crippen LogP contribution in [0.4, 0.5) is 0 Å². The highest BCUT2D eigenvalue weighted by atomic mass is 15.2. The Bertz CT molecular complexity index is 532. The number of aromatic nitrogens is 2. The van der Waals surface area contributed by atoms with Crippen LogP contribution >= 0.6 is 0 Å². The van der Waals surface area contributed by atoms with E-state index < -0.39 is 0 Å². The van der Waals surface area contributed by atoms with E-state index in [1.807, 2.05) is 19.4 Å². The number of hydrogen-bond acceptors (Lipinski definition) is 3. The summed E-state index contributed by atoms with van der Waals surface area (Å²) in [6.07, 6.45) is 3.82. The molecule has 2 N–H and O–H groups in total. The molecule has 1 aromatic carbocycles. The van der Waals surface area contributed by atoms with Crippen LogP contribution in [0.3, 0.4) is 0 Å². The summed E-state index contributed by atoms with van der Waals surface area (Å²) < 4.78 is 1.79. The molecule has 102 valence electrons. The van der Waals surface area contributed by atoms with Gasteiger partial charge in [0, 0.05) is 37.9 Å². The molecule has 4 nitrogen and oxygen atoms in total. The molecule has 0 saturated carbocycles. The fourth-order valence-electron chi connectivity index (χ4n) is 2.22. The van der Waals surface area contributed by atoms with Crippen LogP contribution in [0, 0.1) is 6.92 Å². The first kappa shape index (κ1) is 13.8. The Kier molecular flexibility index (Phi) is 4.35. The minimum Gasteiger partial charge on any atom is -0.323 e. The second-order valence-electron chi connectivity index (χ2n) is 5.18. The fourth-order valence-corrected chi connectivity index (χ4v) is 2.22. The van der Waals surface area contributed by atoms with Gasteiger partial charge in [0.1, 0.15) is 0 Å². The SMILES string of the molecule is Cc1ccccc1CN(C)CC(N)c1cnn(C)c1. The first-order valence-corrected chi connectivity index (χ1v) is 6.53. The lowest BCUT2D eigenvalue weighted by molar-refractivity contribution is 0.304. The van der Waals surface area contributed by atoms with Gasteiger partial charge >= 0.3 is 0 Å². The summed E-state index contributed by atoms with van der Waals surface area (Å²) in [6, 6.07) is 8.46.